The number of benzene rings is 1. The SMILES string of the molecule is Cc1nn(-c2ccc(F)cc2)c(C)c1CC(=O)N1CCNC(C)C1C.Cl. The average molecular weight is 381 g/mol. The van der Waals surface area contributed by atoms with Crippen molar-refractivity contribution in [2.24, 2.45) is 0 Å². The van der Waals surface area contributed by atoms with Crippen molar-refractivity contribution >= 4 is 18.3 Å². The number of nitrogens with one attached hydrogen (secondary N) is 1. The highest BCUT2D eigenvalue weighted by molar-refractivity contribution is 5.85. The van der Waals surface area contributed by atoms with Crippen molar-refractivity contribution in [2.75, 3.05) is 13.1 Å². The lowest BCUT2D eigenvalue weighted by molar-refractivity contribution is -0.134. The standard InChI is InChI=1S/C19H25FN4O.ClH/c1-12-14(3)23(10-9-21-12)19(25)11-18-13(2)22-24(15(18)4)17-7-5-16(20)6-8-17;/h5-8,12,14,21H,9-11H2,1-4H3;1H. The fourth-order valence-corrected chi connectivity index (χ4v) is 3.43. The molecule has 0 saturated carbocycles. The molecule has 1 fully saturated rings. The molecule has 1 aromatic heterocycles. The first kappa shape index (κ1) is 20.4. The number of rotatable bonds is 3. The Morgan fingerprint density at radius 2 is 1.92 bits per heavy atom. The van der Waals surface area contributed by atoms with Crippen LogP contribution in [0.15, 0.2) is 24.3 Å². The Morgan fingerprint density at radius 1 is 1.27 bits per heavy atom. The number of halogens is 2. The van der Waals surface area contributed by atoms with E-state index in [1.165, 1.54) is 12.1 Å². The molecule has 2 aromatic rings. The first-order chi connectivity index (χ1) is 11.9. The van der Waals surface area contributed by atoms with Crippen LogP contribution in [-0.4, -0.2) is 45.8 Å². The van der Waals surface area contributed by atoms with Crippen molar-refractivity contribution in [2.45, 2.75) is 46.2 Å². The van der Waals surface area contributed by atoms with Gasteiger partial charge in [0.2, 0.25) is 5.91 Å². The molecular formula is C19H26ClFN4O. The van der Waals surface area contributed by atoms with E-state index in [0.29, 0.717) is 12.5 Å². The molecule has 2 atom stereocenters. The van der Waals surface area contributed by atoms with Gasteiger partial charge in [-0.25, -0.2) is 9.07 Å². The second-order valence-electron chi connectivity index (χ2n) is 6.78. The highest BCUT2D eigenvalue weighted by Crippen LogP contribution is 2.20. The maximum Gasteiger partial charge on any atom is 0.227 e. The van der Waals surface area contributed by atoms with Gasteiger partial charge in [-0.05, 0) is 52.0 Å². The minimum atomic E-state index is -0.275. The van der Waals surface area contributed by atoms with Gasteiger partial charge in [-0.1, -0.05) is 0 Å². The van der Waals surface area contributed by atoms with E-state index in [4.69, 9.17) is 0 Å². The predicted molar refractivity (Wildman–Crippen MR) is 103 cm³/mol. The zero-order chi connectivity index (χ0) is 18.1. The molecule has 0 radical (unpaired) electrons. The summed E-state index contributed by atoms with van der Waals surface area (Å²) >= 11 is 0. The lowest BCUT2D eigenvalue weighted by Gasteiger charge is -2.38. The molecule has 1 aliphatic heterocycles. The number of carbonyl (C=O) groups excluding carboxylic acids is 1. The summed E-state index contributed by atoms with van der Waals surface area (Å²) in [5.41, 5.74) is 3.51. The van der Waals surface area contributed by atoms with Gasteiger partial charge in [-0.3, -0.25) is 4.79 Å². The molecule has 142 valence electrons. The quantitative estimate of drug-likeness (QED) is 0.890. The summed E-state index contributed by atoms with van der Waals surface area (Å²) in [6.07, 6.45) is 0.343. The lowest BCUT2D eigenvalue weighted by Crippen LogP contribution is -2.57. The van der Waals surface area contributed by atoms with E-state index >= 15 is 0 Å². The fraction of sp³-hybridized carbons (Fsp3) is 0.474. The van der Waals surface area contributed by atoms with Crippen LogP contribution in [0.3, 0.4) is 0 Å². The summed E-state index contributed by atoms with van der Waals surface area (Å²) in [4.78, 5) is 14.8. The number of amides is 1. The first-order valence-corrected chi connectivity index (χ1v) is 8.72. The Hall–Kier alpha value is -1.92. The number of carbonyl (C=O) groups is 1. The third-order valence-electron chi connectivity index (χ3n) is 5.19. The van der Waals surface area contributed by atoms with Crippen molar-refractivity contribution in [3.8, 4) is 5.69 Å². The zero-order valence-electron chi connectivity index (χ0n) is 15.6. The van der Waals surface area contributed by atoms with Gasteiger partial charge in [0, 0.05) is 36.4 Å². The van der Waals surface area contributed by atoms with Crippen molar-refractivity contribution in [3.63, 3.8) is 0 Å². The molecule has 1 aliphatic rings. The van der Waals surface area contributed by atoms with Crippen LogP contribution in [0, 0.1) is 19.7 Å². The highest BCUT2D eigenvalue weighted by Gasteiger charge is 2.29. The summed E-state index contributed by atoms with van der Waals surface area (Å²) < 4.78 is 14.9. The maximum absolute atomic E-state index is 13.1. The summed E-state index contributed by atoms with van der Waals surface area (Å²) in [6.45, 7) is 9.61. The molecule has 26 heavy (non-hydrogen) atoms. The van der Waals surface area contributed by atoms with E-state index in [-0.39, 0.29) is 30.2 Å². The molecule has 1 aromatic carbocycles. The van der Waals surface area contributed by atoms with Gasteiger partial charge < -0.3 is 10.2 Å². The molecule has 0 bridgehead atoms. The summed E-state index contributed by atoms with van der Waals surface area (Å²) in [7, 11) is 0. The molecule has 1 saturated heterocycles. The highest BCUT2D eigenvalue weighted by atomic mass is 35.5. The van der Waals surface area contributed by atoms with Gasteiger partial charge in [0.15, 0.2) is 0 Å². The number of nitrogens with zero attached hydrogens (tertiary/aromatic N) is 3. The van der Waals surface area contributed by atoms with Gasteiger partial charge in [0.1, 0.15) is 5.82 Å². The molecule has 2 heterocycles. The monoisotopic (exact) mass is 380 g/mol. The maximum atomic E-state index is 13.1. The van der Waals surface area contributed by atoms with Crippen molar-refractivity contribution in [3.05, 3.63) is 47.0 Å². The number of aromatic nitrogens is 2. The first-order valence-electron chi connectivity index (χ1n) is 8.72. The van der Waals surface area contributed by atoms with Gasteiger partial charge in [0.05, 0.1) is 17.8 Å². The number of hydrogen-bond acceptors (Lipinski definition) is 3. The minimum absolute atomic E-state index is 0. The molecule has 5 nitrogen and oxygen atoms in total. The Morgan fingerprint density at radius 3 is 2.58 bits per heavy atom. The average Bonchev–Trinajstić information content (AvgIpc) is 2.86. The third-order valence-corrected chi connectivity index (χ3v) is 5.19. The topological polar surface area (TPSA) is 50.2 Å². The molecule has 1 N–H and O–H groups in total. The van der Waals surface area contributed by atoms with Crippen LogP contribution >= 0.6 is 12.4 Å². The van der Waals surface area contributed by atoms with E-state index in [9.17, 15) is 9.18 Å². The Kier molecular flexibility index (Phi) is 6.42. The zero-order valence-corrected chi connectivity index (χ0v) is 16.4. The summed E-state index contributed by atoms with van der Waals surface area (Å²) in [5, 5.41) is 7.95. The van der Waals surface area contributed by atoms with Gasteiger partial charge in [-0.15, -0.1) is 12.4 Å². The fourth-order valence-electron chi connectivity index (χ4n) is 3.43. The van der Waals surface area contributed by atoms with Crippen LogP contribution < -0.4 is 5.32 Å². The minimum Gasteiger partial charge on any atom is -0.337 e. The van der Waals surface area contributed by atoms with Gasteiger partial charge >= 0.3 is 0 Å². The van der Waals surface area contributed by atoms with Crippen LogP contribution in [0.2, 0.25) is 0 Å². The van der Waals surface area contributed by atoms with E-state index < -0.39 is 0 Å². The Labute approximate surface area is 160 Å². The van der Waals surface area contributed by atoms with Gasteiger partial charge in [-0.2, -0.15) is 5.10 Å². The molecule has 0 aliphatic carbocycles. The van der Waals surface area contributed by atoms with E-state index in [1.807, 2.05) is 18.7 Å². The van der Waals surface area contributed by atoms with Crippen LogP contribution in [0.1, 0.15) is 30.8 Å². The van der Waals surface area contributed by atoms with Crippen LogP contribution in [0.25, 0.3) is 5.69 Å². The van der Waals surface area contributed by atoms with Gasteiger partial charge in [0.25, 0.3) is 0 Å². The molecule has 0 spiro atoms. The smallest absolute Gasteiger partial charge is 0.227 e. The molecule has 3 rings (SSSR count). The van der Waals surface area contributed by atoms with Crippen LogP contribution in [-0.2, 0) is 11.2 Å². The second kappa shape index (κ2) is 8.18. The number of aryl methyl sites for hydroxylation is 1. The largest absolute Gasteiger partial charge is 0.337 e. The van der Waals surface area contributed by atoms with Crippen molar-refractivity contribution in [1.29, 1.82) is 0 Å². The Bertz CT molecular complexity index is 775. The Balaban J connectivity index is 0.00000243. The van der Waals surface area contributed by atoms with E-state index in [0.717, 1.165) is 35.7 Å². The predicted octanol–water partition coefficient (Wildman–Crippen LogP) is 2.80. The number of hydrogen-bond donors (Lipinski definition) is 1. The van der Waals surface area contributed by atoms with Crippen LogP contribution in [0.4, 0.5) is 4.39 Å². The summed E-state index contributed by atoms with van der Waals surface area (Å²) in [6, 6.07) is 6.69. The normalized spacial score (nSPS) is 20.0. The molecule has 2 unspecified atom stereocenters. The number of piperazine rings is 1. The molecule has 1 amide bonds. The lowest BCUT2D eigenvalue weighted by atomic mass is 10.0. The second-order valence-corrected chi connectivity index (χ2v) is 6.78. The summed E-state index contributed by atoms with van der Waals surface area (Å²) in [5.74, 6) is -0.145. The van der Waals surface area contributed by atoms with Crippen molar-refractivity contribution in [1.82, 2.24) is 20.0 Å². The van der Waals surface area contributed by atoms with E-state index in [2.05, 4.69) is 24.3 Å². The van der Waals surface area contributed by atoms with E-state index in [1.54, 1.807) is 16.8 Å². The third kappa shape index (κ3) is 3.91. The van der Waals surface area contributed by atoms with Crippen molar-refractivity contribution < 1.29 is 9.18 Å². The molecular weight excluding hydrogens is 355 g/mol. The van der Waals surface area contributed by atoms with Crippen LogP contribution in [0.5, 0.6) is 0 Å². The molecule has 7 heteroatoms.